The van der Waals surface area contributed by atoms with Gasteiger partial charge in [-0.2, -0.15) is 9.78 Å². The fourth-order valence-electron chi connectivity index (χ4n) is 2.52. The second kappa shape index (κ2) is 6.03. The summed E-state index contributed by atoms with van der Waals surface area (Å²) in [6, 6.07) is 13.7. The number of halogens is 2. The van der Waals surface area contributed by atoms with Crippen molar-refractivity contribution < 1.29 is 4.39 Å². The van der Waals surface area contributed by atoms with Crippen molar-refractivity contribution in [1.29, 1.82) is 0 Å². The van der Waals surface area contributed by atoms with E-state index >= 15 is 0 Å². The fraction of sp³-hybridized carbons (Fsp3) is 0.118. The summed E-state index contributed by atoms with van der Waals surface area (Å²) in [6.45, 7) is 2.08. The van der Waals surface area contributed by atoms with Crippen LogP contribution in [0.3, 0.4) is 0 Å². The zero-order valence-corrected chi connectivity index (χ0v) is 14.2. The van der Waals surface area contributed by atoms with Crippen molar-refractivity contribution in [3.63, 3.8) is 0 Å². The standard InChI is InChI=1S/C17H12ClFN4S/c1-10-15(11-2-6-13(18)7-3-11)22-23-16(20-21-17(23)24-10)12-4-8-14(19)9-5-12/h2-10H,1H3/t10-/m1/s1. The third kappa shape index (κ3) is 2.72. The van der Waals surface area contributed by atoms with Gasteiger partial charge in [0, 0.05) is 10.6 Å². The smallest absolute Gasteiger partial charge is 0.207 e. The molecule has 1 aliphatic rings. The lowest BCUT2D eigenvalue weighted by Gasteiger charge is -2.20. The van der Waals surface area contributed by atoms with Crippen LogP contribution in [0.4, 0.5) is 4.39 Å². The second-order valence-corrected chi connectivity index (χ2v) is 7.12. The van der Waals surface area contributed by atoms with E-state index in [1.807, 2.05) is 24.3 Å². The zero-order chi connectivity index (χ0) is 16.7. The van der Waals surface area contributed by atoms with Crippen LogP contribution in [0.1, 0.15) is 12.5 Å². The highest BCUT2D eigenvalue weighted by atomic mass is 35.5. The normalized spacial score (nSPS) is 16.6. The lowest BCUT2D eigenvalue weighted by Crippen LogP contribution is -2.21. The van der Waals surface area contributed by atoms with Crippen LogP contribution < -0.4 is 0 Å². The number of benzene rings is 2. The molecular weight excluding hydrogens is 347 g/mol. The van der Waals surface area contributed by atoms with Gasteiger partial charge in [-0.3, -0.25) is 0 Å². The van der Waals surface area contributed by atoms with Crippen LogP contribution in [-0.4, -0.2) is 25.8 Å². The van der Waals surface area contributed by atoms with Crippen LogP contribution in [0.25, 0.3) is 11.4 Å². The van der Waals surface area contributed by atoms with Crippen molar-refractivity contribution in [2.45, 2.75) is 17.3 Å². The molecule has 0 saturated carbocycles. The summed E-state index contributed by atoms with van der Waals surface area (Å²) in [7, 11) is 0. The topological polar surface area (TPSA) is 43.1 Å². The second-order valence-electron chi connectivity index (χ2n) is 5.38. The highest BCUT2D eigenvalue weighted by Crippen LogP contribution is 2.32. The van der Waals surface area contributed by atoms with Crippen LogP contribution >= 0.6 is 23.4 Å². The molecule has 4 nitrogen and oxygen atoms in total. The molecule has 1 aliphatic heterocycles. The highest BCUT2D eigenvalue weighted by Gasteiger charge is 2.26. The summed E-state index contributed by atoms with van der Waals surface area (Å²) in [5, 5.41) is 14.7. The summed E-state index contributed by atoms with van der Waals surface area (Å²) in [5.41, 5.74) is 2.70. The van der Waals surface area contributed by atoms with E-state index in [0.29, 0.717) is 10.8 Å². The van der Waals surface area contributed by atoms with Gasteiger partial charge in [0.15, 0.2) is 5.82 Å². The average molecular weight is 359 g/mol. The first kappa shape index (κ1) is 15.4. The number of thioether (sulfide) groups is 1. The maximum atomic E-state index is 13.1. The van der Waals surface area contributed by atoms with Crippen molar-refractivity contribution in [1.82, 2.24) is 14.9 Å². The molecule has 4 rings (SSSR count). The molecule has 120 valence electrons. The molecule has 3 aromatic rings. The first-order valence-corrected chi connectivity index (χ1v) is 8.60. The molecule has 0 bridgehead atoms. The molecule has 24 heavy (non-hydrogen) atoms. The van der Waals surface area contributed by atoms with E-state index in [9.17, 15) is 4.39 Å². The molecule has 0 aliphatic carbocycles. The van der Waals surface area contributed by atoms with Gasteiger partial charge in [-0.15, -0.1) is 10.2 Å². The number of nitrogens with zero attached hydrogens (tertiary/aromatic N) is 4. The Labute approximate surface area is 147 Å². The van der Waals surface area contributed by atoms with E-state index < -0.39 is 0 Å². The van der Waals surface area contributed by atoms with E-state index in [4.69, 9.17) is 16.7 Å². The number of hydrogen-bond acceptors (Lipinski definition) is 4. The molecule has 7 heteroatoms. The van der Waals surface area contributed by atoms with Crippen LogP contribution in [0.5, 0.6) is 0 Å². The van der Waals surface area contributed by atoms with Crippen LogP contribution in [0.15, 0.2) is 58.8 Å². The molecule has 0 N–H and O–H groups in total. The van der Waals surface area contributed by atoms with Crippen molar-refractivity contribution in [2.75, 3.05) is 0 Å². The molecule has 1 aromatic heterocycles. The minimum Gasteiger partial charge on any atom is -0.207 e. The number of rotatable bonds is 2. The Morgan fingerprint density at radius 1 is 1.00 bits per heavy atom. The van der Waals surface area contributed by atoms with Crippen LogP contribution in [0.2, 0.25) is 5.02 Å². The first-order chi connectivity index (χ1) is 11.6. The lowest BCUT2D eigenvalue weighted by molar-refractivity contribution is 0.628. The van der Waals surface area contributed by atoms with Crippen LogP contribution in [-0.2, 0) is 0 Å². The number of hydrogen-bond donors (Lipinski definition) is 0. The lowest BCUT2D eigenvalue weighted by atomic mass is 10.1. The van der Waals surface area contributed by atoms with E-state index in [1.54, 1.807) is 28.6 Å². The Hall–Kier alpha value is -2.18. The Morgan fingerprint density at radius 3 is 2.38 bits per heavy atom. The summed E-state index contributed by atoms with van der Waals surface area (Å²) in [4.78, 5) is 0. The van der Waals surface area contributed by atoms with Crippen molar-refractivity contribution in [2.24, 2.45) is 5.10 Å². The quantitative estimate of drug-likeness (QED) is 0.678. The van der Waals surface area contributed by atoms with Crippen LogP contribution in [0, 0.1) is 5.82 Å². The van der Waals surface area contributed by atoms with Gasteiger partial charge in [0.2, 0.25) is 5.16 Å². The van der Waals surface area contributed by atoms with Gasteiger partial charge in [-0.05, 0) is 48.9 Å². The van der Waals surface area contributed by atoms with E-state index in [-0.39, 0.29) is 11.1 Å². The van der Waals surface area contributed by atoms with Gasteiger partial charge in [0.05, 0.1) is 11.0 Å². The molecule has 2 aromatic carbocycles. The molecule has 0 radical (unpaired) electrons. The fourth-order valence-corrected chi connectivity index (χ4v) is 3.58. The Balaban J connectivity index is 1.81. The van der Waals surface area contributed by atoms with Gasteiger partial charge in [-0.1, -0.05) is 35.5 Å². The van der Waals surface area contributed by atoms with Gasteiger partial charge in [0.25, 0.3) is 0 Å². The molecule has 0 unspecified atom stereocenters. The van der Waals surface area contributed by atoms with Gasteiger partial charge < -0.3 is 0 Å². The third-order valence-corrected chi connectivity index (χ3v) is 5.02. The average Bonchev–Trinajstić information content (AvgIpc) is 2.98. The summed E-state index contributed by atoms with van der Waals surface area (Å²) in [5.74, 6) is 0.307. The maximum Gasteiger partial charge on any atom is 0.213 e. The maximum absolute atomic E-state index is 13.1. The van der Waals surface area contributed by atoms with E-state index in [1.165, 1.54) is 12.1 Å². The molecule has 0 saturated heterocycles. The van der Waals surface area contributed by atoms with Crippen molar-refractivity contribution in [3.05, 3.63) is 64.9 Å². The molecule has 0 amide bonds. The molecule has 1 atom stereocenters. The Morgan fingerprint density at radius 2 is 1.67 bits per heavy atom. The number of fused-ring (bicyclic) bond motifs is 1. The molecule has 0 spiro atoms. The summed E-state index contributed by atoms with van der Waals surface area (Å²) < 4.78 is 14.9. The SMILES string of the molecule is C[C@H]1Sc2nnc(-c3ccc(F)cc3)n2N=C1c1ccc(Cl)cc1. The minimum absolute atomic E-state index is 0.143. The largest absolute Gasteiger partial charge is 0.213 e. The molecule has 0 fully saturated rings. The van der Waals surface area contributed by atoms with Gasteiger partial charge >= 0.3 is 0 Å². The van der Waals surface area contributed by atoms with Gasteiger partial charge in [0.1, 0.15) is 5.82 Å². The third-order valence-electron chi connectivity index (χ3n) is 3.73. The predicted octanol–water partition coefficient (Wildman–Crippen LogP) is 4.48. The highest BCUT2D eigenvalue weighted by molar-refractivity contribution is 8.00. The number of aromatic nitrogens is 3. The van der Waals surface area contributed by atoms with Crippen molar-refractivity contribution >= 4 is 29.1 Å². The van der Waals surface area contributed by atoms with Gasteiger partial charge in [-0.25, -0.2) is 4.39 Å². The van der Waals surface area contributed by atoms with Crippen molar-refractivity contribution in [3.8, 4) is 11.4 Å². The zero-order valence-electron chi connectivity index (χ0n) is 12.6. The Bertz CT molecular complexity index is 919. The van der Waals surface area contributed by atoms with E-state index in [2.05, 4.69) is 17.1 Å². The molecular formula is C17H12ClFN4S. The minimum atomic E-state index is -0.287. The molecule has 2 heterocycles. The summed E-state index contributed by atoms with van der Waals surface area (Å²) in [6.07, 6.45) is 0. The first-order valence-electron chi connectivity index (χ1n) is 7.34. The monoisotopic (exact) mass is 358 g/mol. The van der Waals surface area contributed by atoms with E-state index in [0.717, 1.165) is 22.0 Å². The summed E-state index contributed by atoms with van der Waals surface area (Å²) >= 11 is 7.56. The predicted molar refractivity (Wildman–Crippen MR) is 94.1 cm³/mol. The Kier molecular flexibility index (Phi) is 3.86.